The minimum Gasteiger partial charge on any atom is -0.474 e. The van der Waals surface area contributed by atoms with Gasteiger partial charge in [0, 0.05) is 36.4 Å². The Hall–Kier alpha value is -3.80. The fourth-order valence-electron chi connectivity index (χ4n) is 4.87. The number of carbonyl (C=O) groups is 2. The lowest BCUT2D eigenvalue weighted by atomic mass is 9.92. The van der Waals surface area contributed by atoms with E-state index in [-0.39, 0.29) is 34.8 Å². The third-order valence-corrected chi connectivity index (χ3v) is 6.79. The molecular formula is C25H28F2N6O4. The predicted molar refractivity (Wildman–Crippen MR) is 131 cm³/mol. The third kappa shape index (κ3) is 5.33. The van der Waals surface area contributed by atoms with Gasteiger partial charge in [-0.3, -0.25) is 9.59 Å². The van der Waals surface area contributed by atoms with E-state index >= 15 is 0 Å². The number of nitrogens with one attached hydrogen (secondary N) is 1. The molecule has 196 valence electrons. The summed E-state index contributed by atoms with van der Waals surface area (Å²) in [7, 11) is 0. The second-order valence-electron chi connectivity index (χ2n) is 9.16. The lowest BCUT2D eigenvalue weighted by Gasteiger charge is -2.29. The SMILES string of the molecule is NC(=O)c1cccnc1O[C@H]1CC[C@H](NC(=O)c2nn(C(F)F)c3cc(N4CCOCC4)ccc23)CC1. The topological polar surface area (TPSA) is 125 Å². The van der Waals surface area contributed by atoms with Crippen LogP contribution in [0, 0.1) is 0 Å². The largest absolute Gasteiger partial charge is 0.474 e. The Kier molecular flexibility index (Phi) is 7.17. The van der Waals surface area contributed by atoms with E-state index in [2.05, 4.69) is 20.3 Å². The van der Waals surface area contributed by atoms with Crippen LogP contribution in [0.15, 0.2) is 36.5 Å². The summed E-state index contributed by atoms with van der Waals surface area (Å²) in [6, 6.07) is 8.16. The van der Waals surface area contributed by atoms with E-state index in [9.17, 15) is 18.4 Å². The number of alkyl halides is 2. The number of benzene rings is 1. The van der Waals surface area contributed by atoms with E-state index in [0.717, 1.165) is 5.69 Å². The van der Waals surface area contributed by atoms with Gasteiger partial charge in [-0.05, 0) is 56.0 Å². The minimum atomic E-state index is -2.88. The molecule has 1 aliphatic heterocycles. The van der Waals surface area contributed by atoms with E-state index in [4.69, 9.17) is 15.2 Å². The molecular weight excluding hydrogens is 486 g/mol. The van der Waals surface area contributed by atoms with Gasteiger partial charge >= 0.3 is 6.55 Å². The molecule has 3 heterocycles. The Morgan fingerprint density at radius 1 is 1.14 bits per heavy atom. The van der Waals surface area contributed by atoms with Gasteiger partial charge in [0.05, 0.1) is 18.7 Å². The standard InChI is InChI=1S/C25H28F2N6O4/c26-25(27)33-20-14-16(32-10-12-36-13-11-32)5-8-18(20)21(31-33)23(35)30-15-3-6-17(7-4-15)37-24-19(22(28)34)2-1-9-29-24/h1-2,5,8-9,14-15,17,25H,3-4,6-7,10-13H2,(H2,28,34)(H,30,35)/t15-,17-. The average molecular weight is 515 g/mol. The Morgan fingerprint density at radius 3 is 2.59 bits per heavy atom. The zero-order chi connectivity index (χ0) is 25.9. The summed E-state index contributed by atoms with van der Waals surface area (Å²) in [6.45, 7) is -0.410. The van der Waals surface area contributed by atoms with E-state index < -0.39 is 18.4 Å². The molecule has 12 heteroatoms. The van der Waals surface area contributed by atoms with Crippen molar-refractivity contribution in [3.8, 4) is 5.88 Å². The van der Waals surface area contributed by atoms with Crippen LogP contribution in [0.5, 0.6) is 5.88 Å². The first kappa shape index (κ1) is 24.9. The molecule has 2 aliphatic rings. The number of aromatic nitrogens is 3. The highest BCUT2D eigenvalue weighted by atomic mass is 19.3. The molecule has 3 aromatic rings. The van der Waals surface area contributed by atoms with Crippen molar-refractivity contribution >= 4 is 28.4 Å². The summed E-state index contributed by atoms with van der Waals surface area (Å²) in [6.07, 6.45) is 3.82. The molecule has 1 saturated heterocycles. The Bertz CT molecular complexity index is 1290. The highest BCUT2D eigenvalue weighted by Crippen LogP contribution is 2.29. The number of morpholine rings is 1. The number of halogens is 2. The molecule has 0 spiro atoms. The monoisotopic (exact) mass is 514 g/mol. The number of hydrogen-bond acceptors (Lipinski definition) is 7. The zero-order valence-corrected chi connectivity index (χ0v) is 20.1. The van der Waals surface area contributed by atoms with Crippen LogP contribution >= 0.6 is 0 Å². The van der Waals surface area contributed by atoms with Gasteiger partial charge in [-0.2, -0.15) is 13.9 Å². The molecule has 2 amide bonds. The van der Waals surface area contributed by atoms with E-state index in [0.29, 0.717) is 62.1 Å². The fraction of sp³-hybridized carbons (Fsp3) is 0.440. The molecule has 2 fully saturated rings. The number of nitrogens with zero attached hydrogens (tertiary/aromatic N) is 4. The first-order valence-electron chi connectivity index (χ1n) is 12.3. The van der Waals surface area contributed by atoms with Gasteiger partial charge in [-0.15, -0.1) is 0 Å². The lowest BCUT2D eigenvalue weighted by molar-refractivity contribution is 0.0605. The third-order valence-electron chi connectivity index (χ3n) is 6.79. The number of pyridine rings is 1. The average Bonchev–Trinajstić information content (AvgIpc) is 3.30. The van der Waals surface area contributed by atoms with Crippen LogP contribution < -0.4 is 20.7 Å². The van der Waals surface area contributed by atoms with Crippen molar-refractivity contribution in [2.75, 3.05) is 31.2 Å². The molecule has 1 saturated carbocycles. The van der Waals surface area contributed by atoms with E-state index in [1.54, 1.807) is 24.3 Å². The Balaban J connectivity index is 1.26. The van der Waals surface area contributed by atoms with Crippen molar-refractivity contribution in [2.24, 2.45) is 5.73 Å². The smallest absolute Gasteiger partial charge is 0.333 e. The molecule has 37 heavy (non-hydrogen) atoms. The molecule has 0 bridgehead atoms. The number of nitrogens with two attached hydrogens (primary N) is 1. The summed E-state index contributed by atoms with van der Waals surface area (Å²) in [5.41, 5.74) is 6.58. The second kappa shape index (κ2) is 10.7. The summed E-state index contributed by atoms with van der Waals surface area (Å²) in [5.74, 6) is -0.909. The molecule has 10 nitrogen and oxygen atoms in total. The van der Waals surface area contributed by atoms with Gasteiger partial charge in [0.2, 0.25) is 5.88 Å². The molecule has 1 aromatic carbocycles. The fourth-order valence-corrected chi connectivity index (χ4v) is 4.87. The van der Waals surface area contributed by atoms with Gasteiger partial charge in [0.25, 0.3) is 11.8 Å². The Morgan fingerprint density at radius 2 is 1.89 bits per heavy atom. The highest BCUT2D eigenvalue weighted by Gasteiger charge is 2.28. The van der Waals surface area contributed by atoms with Crippen LogP contribution in [0.25, 0.3) is 10.9 Å². The Labute approximate surface area is 211 Å². The van der Waals surface area contributed by atoms with Crippen LogP contribution in [0.3, 0.4) is 0 Å². The number of ether oxygens (including phenoxy) is 2. The van der Waals surface area contributed by atoms with Crippen molar-refractivity contribution in [3.05, 3.63) is 47.8 Å². The summed E-state index contributed by atoms with van der Waals surface area (Å²) in [5, 5.41) is 7.29. The number of amides is 2. The number of fused-ring (bicyclic) bond motifs is 1. The van der Waals surface area contributed by atoms with Crippen molar-refractivity contribution in [1.82, 2.24) is 20.1 Å². The van der Waals surface area contributed by atoms with Crippen molar-refractivity contribution in [2.45, 2.75) is 44.4 Å². The van der Waals surface area contributed by atoms with Crippen LogP contribution in [0.2, 0.25) is 0 Å². The van der Waals surface area contributed by atoms with Gasteiger partial charge < -0.3 is 25.4 Å². The number of hydrogen-bond donors (Lipinski definition) is 2. The predicted octanol–water partition coefficient (Wildman–Crippen LogP) is 2.88. The number of rotatable bonds is 7. The molecule has 3 N–H and O–H groups in total. The maximum atomic E-state index is 13.8. The zero-order valence-electron chi connectivity index (χ0n) is 20.1. The number of carbonyl (C=O) groups excluding carboxylic acids is 2. The highest BCUT2D eigenvalue weighted by molar-refractivity contribution is 6.05. The normalized spacial score (nSPS) is 20.2. The lowest BCUT2D eigenvalue weighted by Crippen LogP contribution is -2.40. The number of primary amides is 1. The van der Waals surface area contributed by atoms with E-state index in [1.807, 2.05) is 6.07 Å². The first-order chi connectivity index (χ1) is 17.9. The first-order valence-corrected chi connectivity index (χ1v) is 12.3. The molecule has 0 atom stereocenters. The van der Waals surface area contributed by atoms with Crippen molar-refractivity contribution in [3.63, 3.8) is 0 Å². The molecule has 1 aliphatic carbocycles. The van der Waals surface area contributed by atoms with Crippen LogP contribution in [-0.4, -0.2) is 65.0 Å². The van der Waals surface area contributed by atoms with Gasteiger partial charge in [-0.1, -0.05) is 0 Å². The van der Waals surface area contributed by atoms with Crippen LogP contribution in [0.1, 0.15) is 53.1 Å². The van der Waals surface area contributed by atoms with Crippen molar-refractivity contribution in [1.29, 1.82) is 0 Å². The summed E-state index contributed by atoms with van der Waals surface area (Å²) < 4.78 is 39.5. The second-order valence-corrected chi connectivity index (χ2v) is 9.16. The molecule has 0 radical (unpaired) electrons. The van der Waals surface area contributed by atoms with Crippen LogP contribution in [-0.2, 0) is 4.74 Å². The van der Waals surface area contributed by atoms with Crippen molar-refractivity contribution < 1.29 is 27.8 Å². The maximum absolute atomic E-state index is 13.8. The maximum Gasteiger partial charge on any atom is 0.333 e. The molecule has 2 aromatic heterocycles. The van der Waals surface area contributed by atoms with Crippen LogP contribution in [0.4, 0.5) is 14.5 Å². The number of anilines is 1. The molecule has 0 unspecified atom stereocenters. The quantitative estimate of drug-likeness (QED) is 0.497. The summed E-state index contributed by atoms with van der Waals surface area (Å²) in [4.78, 5) is 30.9. The minimum absolute atomic E-state index is 0.0261. The van der Waals surface area contributed by atoms with E-state index in [1.165, 1.54) is 6.20 Å². The summed E-state index contributed by atoms with van der Waals surface area (Å²) >= 11 is 0. The molecule has 5 rings (SSSR count). The van der Waals surface area contributed by atoms with Gasteiger partial charge in [0.15, 0.2) is 5.69 Å². The van der Waals surface area contributed by atoms with Gasteiger partial charge in [0.1, 0.15) is 11.7 Å². The van der Waals surface area contributed by atoms with Gasteiger partial charge in [-0.25, -0.2) is 9.67 Å².